The first-order chi connectivity index (χ1) is 9.15. The smallest absolute Gasteiger partial charge is 0.171 e. The largest absolute Gasteiger partial charge is 0.356 e. The van der Waals surface area contributed by atoms with Gasteiger partial charge in [0.15, 0.2) is 5.11 Å². The number of rotatable bonds is 3. The minimum absolute atomic E-state index is 0.156. The van der Waals surface area contributed by atoms with Crippen LogP contribution >= 0.6 is 28.1 Å². The van der Waals surface area contributed by atoms with Crippen molar-refractivity contribution in [3.05, 3.63) is 64.6 Å². The maximum absolute atomic E-state index is 5.30. The average molecular weight is 334 g/mol. The SMILES string of the molecule is CC(NC(=S)Nc1cc[c]cc1)c1ccc(Br)cc1. The first-order valence-electron chi connectivity index (χ1n) is 5.94. The van der Waals surface area contributed by atoms with Crippen LogP contribution in [0.3, 0.4) is 0 Å². The molecule has 2 aromatic rings. The van der Waals surface area contributed by atoms with Gasteiger partial charge in [-0.25, -0.2) is 0 Å². The molecule has 0 aliphatic heterocycles. The zero-order chi connectivity index (χ0) is 13.7. The molecule has 2 N–H and O–H groups in total. The van der Waals surface area contributed by atoms with E-state index in [1.54, 1.807) is 0 Å². The van der Waals surface area contributed by atoms with Crippen LogP contribution in [-0.4, -0.2) is 5.11 Å². The van der Waals surface area contributed by atoms with Gasteiger partial charge in [0, 0.05) is 10.2 Å². The summed E-state index contributed by atoms with van der Waals surface area (Å²) < 4.78 is 1.07. The van der Waals surface area contributed by atoms with Crippen molar-refractivity contribution in [3.8, 4) is 0 Å². The van der Waals surface area contributed by atoms with Gasteiger partial charge in [-0.15, -0.1) is 0 Å². The minimum Gasteiger partial charge on any atom is -0.356 e. The van der Waals surface area contributed by atoms with Gasteiger partial charge in [0.1, 0.15) is 0 Å². The monoisotopic (exact) mass is 333 g/mol. The Balaban J connectivity index is 1.93. The Morgan fingerprint density at radius 3 is 2.42 bits per heavy atom. The summed E-state index contributed by atoms with van der Waals surface area (Å²) in [5, 5.41) is 7.02. The third kappa shape index (κ3) is 4.33. The predicted octanol–water partition coefficient (Wildman–Crippen LogP) is 4.30. The van der Waals surface area contributed by atoms with Crippen LogP contribution in [0.1, 0.15) is 18.5 Å². The van der Waals surface area contributed by atoms with Crippen molar-refractivity contribution in [2.45, 2.75) is 13.0 Å². The summed E-state index contributed by atoms with van der Waals surface area (Å²) in [5.41, 5.74) is 2.15. The number of hydrogen-bond acceptors (Lipinski definition) is 1. The predicted molar refractivity (Wildman–Crippen MR) is 87.2 cm³/mol. The molecule has 19 heavy (non-hydrogen) atoms. The Kier molecular flexibility index (Phi) is 4.93. The summed E-state index contributed by atoms with van der Waals surface area (Å²) in [4.78, 5) is 0. The standard InChI is InChI=1S/C15H14BrN2S/c1-11(12-7-9-13(16)10-8-12)17-15(19)18-14-5-3-2-4-6-14/h3-11H,1H3,(H2,17,18,19). The van der Waals surface area contributed by atoms with E-state index < -0.39 is 0 Å². The molecule has 97 valence electrons. The number of halogens is 1. The molecule has 0 bridgehead atoms. The molecule has 1 atom stereocenters. The van der Waals surface area contributed by atoms with E-state index in [2.05, 4.69) is 51.7 Å². The summed E-state index contributed by atoms with van der Waals surface area (Å²) >= 11 is 8.72. The van der Waals surface area contributed by atoms with Crippen LogP contribution in [0, 0.1) is 6.07 Å². The molecule has 4 heteroatoms. The molecular weight excluding hydrogens is 320 g/mol. The fourth-order valence-electron chi connectivity index (χ4n) is 1.67. The lowest BCUT2D eigenvalue weighted by atomic mass is 10.1. The highest BCUT2D eigenvalue weighted by Crippen LogP contribution is 2.16. The Hall–Kier alpha value is -1.39. The van der Waals surface area contributed by atoms with Crippen LogP contribution in [0.2, 0.25) is 0 Å². The number of nitrogens with one attached hydrogen (secondary N) is 2. The van der Waals surface area contributed by atoms with Crippen LogP contribution in [-0.2, 0) is 0 Å². The van der Waals surface area contributed by atoms with Gasteiger partial charge in [0.05, 0.1) is 6.04 Å². The van der Waals surface area contributed by atoms with E-state index in [0.29, 0.717) is 5.11 Å². The first kappa shape index (κ1) is 14.0. The third-order valence-corrected chi connectivity index (χ3v) is 3.44. The van der Waals surface area contributed by atoms with Crippen LogP contribution in [0.15, 0.2) is 53.0 Å². The highest BCUT2D eigenvalue weighted by molar-refractivity contribution is 9.10. The highest BCUT2D eigenvalue weighted by atomic mass is 79.9. The van der Waals surface area contributed by atoms with E-state index >= 15 is 0 Å². The number of hydrogen-bond donors (Lipinski definition) is 2. The molecule has 0 aliphatic rings. The third-order valence-electron chi connectivity index (χ3n) is 2.69. The Labute approximate surface area is 127 Å². The molecule has 1 unspecified atom stereocenters. The Bertz CT molecular complexity index is 540. The molecule has 0 saturated heterocycles. The zero-order valence-electron chi connectivity index (χ0n) is 10.5. The molecule has 0 aliphatic carbocycles. The first-order valence-corrected chi connectivity index (χ1v) is 7.14. The lowest BCUT2D eigenvalue weighted by Crippen LogP contribution is -2.30. The van der Waals surface area contributed by atoms with Gasteiger partial charge < -0.3 is 10.6 Å². The van der Waals surface area contributed by atoms with Gasteiger partial charge in [0.2, 0.25) is 0 Å². The average Bonchev–Trinajstić information content (AvgIpc) is 2.40. The van der Waals surface area contributed by atoms with Crippen molar-refractivity contribution in [1.82, 2.24) is 5.32 Å². The molecular formula is C15H14BrN2S. The van der Waals surface area contributed by atoms with Crippen molar-refractivity contribution in [2.75, 3.05) is 5.32 Å². The van der Waals surface area contributed by atoms with E-state index in [4.69, 9.17) is 12.2 Å². The molecule has 0 amide bonds. The number of thiocarbonyl (C=S) groups is 1. The Morgan fingerprint density at radius 1 is 1.16 bits per heavy atom. The van der Waals surface area contributed by atoms with Crippen molar-refractivity contribution < 1.29 is 0 Å². The summed E-state index contributed by atoms with van der Waals surface area (Å²) in [6.07, 6.45) is 0. The normalized spacial score (nSPS) is 11.7. The fourth-order valence-corrected chi connectivity index (χ4v) is 2.23. The Morgan fingerprint density at radius 2 is 1.79 bits per heavy atom. The van der Waals surface area contributed by atoms with Crippen molar-refractivity contribution >= 4 is 38.9 Å². The van der Waals surface area contributed by atoms with Gasteiger partial charge in [-0.3, -0.25) is 0 Å². The second kappa shape index (κ2) is 6.68. The van der Waals surface area contributed by atoms with Gasteiger partial charge >= 0.3 is 0 Å². The number of benzene rings is 2. The highest BCUT2D eigenvalue weighted by Gasteiger charge is 2.06. The van der Waals surface area contributed by atoms with Gasteiger partial charge in [-0.05, 0) is 55.0 Å². The van der Waals surface area contributed by atoms with E-state index in [-0.39, 0.29) is 6.04 Å². The lowest BCUT2D eigenvalue weighted by Gasteiger charge is -2.17. The van der Waals surface area contributed by atoms with Gasteiger partial charge in [-0.1, -0.05) is 40.2 Å². The summed E-state index contributed by atoms with van der Waals surface area (Å²) in [7, 11) is 0. The van der Waals surface area contributed by atoms with Gasteiger partial charge in [0.25, 0.3) is 0 Å². The summed E-state index contributed by atoms with van der Waals surface area (Å²) in [6, 6.07) is 18.9. The molecule has 2 rings (SSSR count). The molecule has 0 aromatic heterocycles. The summed E-state index contributed by atoms with van der Waals surface area (Å²) in [6.45, 7) is 2.08. The van der Waals surface area contributed by atoms with Crippen molar-refractivity contribution in [2.24, 2.45) is 0 Å². The van der Waals surface area contributed by atoms with Gasteiger partial charge in [-0.2, -0.15) is 0 Å². The maximum Gasteiger partial charge on any atom is 0.171 e. The fraction of sp³-hybridized carbons (Fsp3) is 0.133. The second-order valence-corrected chi connectivity index (χ2v) is 5.48. The molecule has 1 radical (unpaired) electrons. The zero-order valence-corrected chi connectivity index (χ0v) is 12.9. The molecule has 0 fully saturated rings. The van der Waals surface area contributed by atoms with E-state index in [0.717, 1.165) is 10.2 Å². The molecule has 2 nitrogen and oxygen atoms in total. The van der Waals surface area contributed by atoms with E-state index in [1.165, 1.54) is 5.56 Å². The molecule has 0 spiro atoms. The second-order valence-electron chi connectivity index (χ2n) is 4.16. The number of anilines is 1. The molecule has 2 aromatic carbocycles. The van der Waals surface area contributed by atoms with Crippen LogP contribution < -0.4 is 10.6 Å². The maximum atomic E-state index is 5.30. The minimum atomic E-state index is 0.156. The van der Waals surface area contributed by atoms with Crippen molar-refractivity contribution in [3.63, 3.8) is 0 Å². The molecule has 0 saturated carbocycles. The topological polar surface area (TPSA) is 24.1 Å². The van der Waals surface area contributed by atoms with Crippen LogP contribution in [0.25, 0.3) is 0 Å². The molecule has 0 heterocycles. The van der Waals surface area contributed by atoms with Crippen molar-refractivity contribution in [1.29, 1.82) is 0 Å². The van der Waals surface area contributed by atoms with Crippen LogP contribution in [0.4, 0.5) is 5.69 Å². The quantitative estimate of drug-likeness (QED) is 0.819. The lowest BCUT2D eigenvalue weighted by molar-refractivity contribution is 0.722. The van der Waals surface area contributed by atoms with E-state index in [9.17, 15) is 0 Å². The summed E-state index contributed by atoms with van der Waals surface area (Å²) in [5.74, 6) is 0. The van der Waals surface area contributed by atoms with Crippen LogP contribution in [0.5, 0.6) is 0 Å². The van der Waals surface area contributed by atoms with E-state index in [1.807, 2.05) is 36.4 Å².